The van der Waals surface area contributed by atoms with Crippen molar-refractivity contribution in [3.8, 4) is 11.5 Å². The van der Waals surface area contributed by atoms with E-state index in [1.54, 1.807) is 7.11 Å². The Balaban J connectivity index is 1.68. The molecule has 1 aliphatic rings. The molecule has 0 fully saturated rings. The first-order valence-corrected chi connectivity index (χ1v) is 9.56. The molecule has 1 heterocycles. The highest BCUT2D eigenvalue weighted by molar-refractivity contribution is 5.82. The van der Waals surface area contributed by atoms with Gasteiger partial charge >= 0.3 is 0 Å². The highest BCUT2D eigenvalue weighted by atomic mass is 16.5. The lowest BCUT2D eigenvalue weighted by molar-refractivity contribution is -0.127. The minimum absolute atomic E-state index is 0.0637. The fourth-order valence-electron chi connectivity index (χ4n) is 3.61. The number of hydrogen-bond acceptors (Lipinski definition) is 4. The Morgan fingerprint density at radius 1 is 1.22 bits per heavy atom. The van der Waals surface area contributed by atoms with E-state index in [9.17, 15) is 4.79 Å². The number of amides is 1. The van der Waals surface area contributed by atoms with Gasteiger partial charge in [-0.3, -0.25) is 9.69 Å². The number of ether oxygens (including phenoxy) is 2. The van der Waals surface area contributed by atoms with E-state index in [2.05, 4.69) is 30.1 Å². The van der Waals surface area contributed by atoms with Gasteiger partial charge in [-0.2, -0.15) is 0 Å². The molecule has 144 valence electrons. The first-order chi connectivity index (χ1) is 13.2. The standard InChI is InChI=1S/C22H28N2O3/c1-4-24(5-2)19(16-10-8-11-18(13-16)26-3)15-23-22(25)21-14-17-9-6-7-12-20(17)27-21/h6-13,19,21H,4-5,14-15H2,1-3H3,(H,23,25)/t19-,21-/m0/s1. The summed E-state index contributed by atoms with van der Waals surface area (Å²) >= 11 is 0. The van der Waals surface area contributed by atoms with Crippen molar-refractivity contribution in [3.05, 3.63) is 59.7 Å². The fourth-order valence-corrected chi connectivity index (χ4v) is 3.61. The van der Waals surface area contributed by atoms with Gasteiger partial charge in [-0.05, 0) is 42.4 Å². The van der Waals surface area contributed by atoms with E-state index >= 15 is 0 Å². The number of hydrogen-bond donors (Lipinski definition) is 1. The molecular weight excluding hydrogens is 340 g/mol. The third-order valence-electron chi connectivity index (χ3n) is 5.14. The molecule has 2 atom stereocenters. The largest absolute Gasteiger partial charge is 0.497 e. The van der Waals surface area contributed by atoms with E-state index < -0.39 is 6.10 Å². The van der Waals surface area contributed by atoms with Crippen molar-refractivity contribution in [2.75, 3.05) is 26.7 Å². The number of nitrogens with zero attached hydrogens (tertiary/aromatic N) is 1. The summed E-state index contributed by atoms with van der Waals surface area (Å²) in [5, 5.41) is 3.10. The minimum atomic E-state index is -0.454. The van der Waals surface area contributed by atoms with Crippen LogP contribution >= 0.6 is 0 Å². The maximum Gasteiger partial charge on any atom is 0.261 e. The maximum absolute atomic E-state index is 12.7. The van der Waals surface area contributed by atoms with Crippen LogP contribution in [0.3, 0.4) is 0 Å². The van der Waals surface area contributed by atoms with E-state index in [0.717, 1.165) is 35.7 Å². The first-order valence-electron chi connectivity index (χ1n) is 9.56. The zero-order valence-electron chi connectivity index (χ0n) is 16.3. The molecule has 2 aromatic carbocycles. The number of carbonyl (C=O) groups is 1. The van der Waals surface area contributed by atoms with E-state index in [1.165, 1.54) is 0 Å². The Bertz CT molecular complexity index is 749. The normalized spacial score (nSPS) is 16.5. The summed E-state index contributed by atoms with van der Waals surface area (Å²) in [6.07, 6.45) is 0.168. The number of fused-ring (bicyclic) bond motifs is 1. The van der Waals surface area contributed by atoms with Crippen LogP contribution in [0.15, 0.2) is 48.5 Å². The zero-order chi connectivity index (χ0) is 19.2. The summed E-state index contributed by atoms with van der Waals surface area (Å²) < 4.78 is 11.2. The van der Waals surface area contributed by atoms with E-state index in [-0.39, 0.29) is 11.9 Å². The predicted molar refractivity (Wildman–Crippen MR) is 106 cm³/mol. The second-order valence-electron chi connectivity index (χ2n) is 6.68. The summed E-state index contributed by atoms with van der Waals surface area (Å²) in [4.78, 5) is 15.0. The van der Waals surface area contributed by atoms with Crippen molar-refractivity contribution in [2.45, 2.75) is 32.4 Å². The van der Waals surface area contributed by atoms with E-state index in [4.69, 9.17) is 9.47 Å². The molecule has 27 heavy (non-hydrogen) atoms. The number of rotatable bonds is 8. The third-order valence-corrected chi connectivity index (χ3v) is 5.14. The molecule has 0 saturated carbocycles. The van der Waals surface area contributed by atoms with Crippen LogP contribution in [0.5, 0.6) is 11.5 Å². The Labute approximate surface area is 161 Å². The van der Waals surface area contributed by atoms with Crippen LogP contribution in [0.25, 0.3) is 0 Å². The third kappa shape index (κ3) is 4.42. The molecule has 0 aromatic heterocycles. The quantitative estimate of drug-likeness (QED) is 0.777. The van der Waals surface area contributed by atoms with Crippen molar-refractivity contribution in [1.29, 1.82) is 0 Å². The van der Waals surface area contributed by atoms with E-state index in [0.29, 0.717) is 13.0 Å². The number of para-hydroxylation sites is 1. The molecule has 0 saturated heterocycles. The molecule has 5 nitrogen and oxygen atoms in total. The van der Waals surface area contributed by atoms with Crippen LogP contribution in [0.1, 0.15) is 31.0 Å². The highest BCUT2D eigenvalue weighted by Crippen LogP contribution is 2.28. The average molecular weight is 368 g/mol. The van der Waals surface area contributed by atoms with Crippen LogP contribution < -0.4 is 14.8 Å². The minimum Gasteiger partial charge on any atom is -0.497 e. The highest BCUT2D eigenvalue weighted by Gasteiger charge is 2.29. The van der Waals surface area contributed by atoms with Gasteiger partial charge in [-0.25, -0.2) is 0 Å². The van der Waals surface area contributed by atoms with E-state index in [1.807, 2.05) is 42.5 Å². The average Bonchev–Trinajstić information content (AvgIpc) is 3.15. The van der Waals surface area contributed by atoms with Crippen molar-refractivity contribution in [3.63, 3.8) is 0 Å². The number of carbonyl (C=O) groups excluding carboxylic acids is 1. The lowest BCUT2D eigenvalue weighted by atomic mass is 10.0. The van der Waals surface area contributed by atoms with Gasteiger partial charge in [0.15, 0.2) is 6.10 Å². The lowest BCUT2D eigenvalue weighted by Crippen LogP contribution is -2.43. The van der Waals surface area contributed by atoms with Crippen LogP contribution in [0, 0.1) is 0 Å². The molecule has 1 aliphatic heterocycles. The Kier molecular flexibility index (Phi) is 6.35. The second kappa shape index (κ2) is 8.91. The predicted octanol–water partition coefficient (Wildman–Crippen LogP) is 3.20. The molecule has 5 heteroatoms. The molecule has 1 amide bonds. The van der Waals surface area contributed by atoms with Crippen molar-refractivity contribution >= 4 is 5.91 Å². The lowest BCUT2D eigenvalue weighted by Gasteiger charge is -2.30. The number of nitrogens with one attached hydrogen (secondary N) is 1. The number of likely N-dealkylation sites (N-methyl/N-ethyl adjacent to an activating group) is 1. The molecule has 0 aliphatic carbocycles. The van der Waals surface area contributed by atoms with Crippen LogP contribution in [0.2, 0.25) is 0 Å². The molecule has 0 bridgehead atoms. The Hall–Kier alpha value is -2.53. The molecule has 1 N–H and O–H groups in total. The van der Waals surface area contributed by atoms with Crippen molar-refractivity contribution < 1.29 is 14.3 Å². The van der Waals surface area contributed by atoms with Crippen molar-refractivity contribution in [1.82, 2.24) is 10.2 Å². The second-order valence-corrected chi connectivity index (χ2v) is 6.68. The molecule has 0 radical (unpaired) electrons. The monoisotopic (exact) mass is 368 g/mol. The Morgan fingerprint density at radius 3 is 2.70 bits per heavy atom. The topological polar surface area (TPSA) is 50.8 Å². The van der Waals surface area contributed by atoms with Gasteiger partial charge in [-0.1, -0.05) is 44.2 Å². The first kappa shape index (κ1) is 19.2. The summed E-state index contributed by atoms with van der Waals surface area (Å²) in [5.41, 5.74) is 2.22. The van der Waals surface area contributed by atoms with Crippen LogP contribution in [0.4, 0.5) is 0 Å². The summed E-state index contributed by atoms with van der Waals surface area (Å²) in [6, 6.07) is 16.0. The molecule has 0 spiro atoms. The molecule has 0 unspecified atom stereocenters. The summed E-state index contributed by atoms with van der Waals surface area (Å²) in [6.45, 7) is 6.60. The van der Waals surface area contributed by atoms with Gasteiger partial charge in [0.2, 0.25) is 0 Å². The van der Waals surface area contributed by atoms with Gasteiger partial charge in [0.1, 0.15) is 11.5 Å². The SMILES string of the molecule is CCN(CC)[C@@H](CNC(=O)[C@@H]1Cc2ccccc2O1)c1cccc(OC)c1. The maximum atomic E-state index is 12.7. The van der Waals surface area contributed by atoms with Crippen molar-refractivity contribution in [2.24, 2.45) is 0 Å². The molecule has 3 rings (SSSR count). The Morgan fingerprint density at radius 2 is 2.00 bits per heavy atom. The van der Waals surface area contributed by atoms with Gasteiger partial charge in [-0.15, -0.1) is 0 Å². The van der Waals surface area contributed by atoms with Gasteiger partial charge in [0, 0.05) is 13.0 Å². The smallest absolute Gasteiger partial charge is 0.261 e. The molecule has 2 aromatic rings. The number of methoxy groups -OCH3 is 1. The van der Waals surface area contributed by atoms with Crippen LogP contribution in [-0.2, 0) is 11.2 Å². The summed E-state index contributed by atoms with van der Waals surface area (Å²) in [7, 11) is 1.67. The van der Waals surface area contributed by atoms with Crippen LogP contribution in [-0.4, -0.2) is 43.7 Å². The summed E-state index contributed by atoms with van der Waals surface area (Å²) in [5.74, 6) is 1.57. The van der Waals surface area contributed by atoms with Gasteiger partial charge < -0.3 is 14.8 Å². The number of benzene rings is 2. The molecular formula is C22H28N2O3. The zero-order valence-corrected chi connectivity index (χ0v) is 16.3. The fraction of sp³-hybridized carbons (Fsp3) is 0.409. The van der Waals surface area contributed by atoms with Gasteiger partial charge in [0.25, 0.3) is 5.91 Å². The van der Waals surface area contributed by atoms with Gasteiger partial charge in [0.05, 0.1) is 13.2 Å².